The summed E-state index contributed by atoms with van der Waals surface area (Å²) in [6.07, 6.45) is 2.47. The van der Waals surface area contributed by atoms with E-state index in [0.717, 1.165) is 22.8 Å². The van der Waals surface area contributed by atoms with Gasteiger partial charge in [-0.05, 0) is 30.7 Å². The minimum absolute atomic E-state index is 0.394. The number of benzene rings is 2. The van der Waals surface area contributed by atoms with Crippen molar-refractivity contribution in [3.8, 4) is 5.75 Å². The maximum atomic E-state index is 12.5. The van der Waals surface area contributed by atoms with Gasteiger partial charge in [0.05, 0.1) is 19.2 Å². The van der Waals surface area contributed by atoms with Gasteiger partial charge < -0.3 is 14.0 Å². The number of rotatable bonds is 6. The molecule has 128 valence electrons. The fraction of sp³-hybridized carbons (Fsp3) is 0.200. The average molecular weight is 337 g/mol. The zero-order valence-electron chi connectivity index (χ0n) is 14.1. The number of carbonyl (C=O) groups excluding carboxylic acids is 2. The highest BCUT2D eigenvalue weighted by atomic mass is 16.5. The van der Waals surface area contributed by atoms with Crippen LogP contribution in [0.5, 0.6) is 5.75 Å². The Morgan fingerprint density at radius 2 is 1.96 bits per heavy atom. The van der Waals surface area contributed by atoms with E-state index in [4.69, 9.17) is 9.47 Å². The second-order valence-electron chi connectivity index (χ2n) is 5.56. The van der Waals surface area contributed by atoms with E-state index in [0.29, 0.717) is 17.9 Å². The van der Waals surface area contributed by atoms with E-state index in [1.807, 2.05) is 55.5 Å². The molecule has 3 rings (SSSR count). The number of ether oxygens (including phenoxy) is 2. The molecule has 1 aromatic heterocycles. The average Bonchev–Trinajstić information content (AvgIpc) is 3.01. The van der Waals surface area contributed by atoms with Crippen molar-refractivity contribution in [2.24, 2.45) is 0 Å². The maximum absolute atomic E-state index is 12.5. The van der Waals surface area contributed by atoms with E-state index < -0.39 is 12.0 Å². The van der Waals surface area contributed by atoms with E-state index in [9.17, 15) is 9.59 Å². The molecule has 0 saturated heterocycles. The summed E-state index contributed by atoms with van der Waals surface area (Å²) >= 11 is 0. The number of fused-ring (bicyclic) bond motifs is 1. The van der Waals surface area contributed by atoms with Crippen LogP contribution in [0.1, 0.15) is 28.9 Å². The first-order valence-electron chi connectivity index (χ1n) is 8.05. The number of methoxy groups -OCH3 is 1. The van der Waals surface area contributed by atoms with Gasteiger partial charge in [0, 0.05) is 17.1 Å². The lowest BCUT2D eigenvalue weighted by Gasteiger charge is -2.18. The van der Waals surface area contributed by atoms with Gasteiger partial charge in [-0.3, -0.25) is 4.79 Å². The SMILES string of the molecule is CCOc1ccc2c(c1)c(C=O)cn2C(C(=O)OC)c1ccccc1. The summed E-state index contributed by atoms with van der Waals surface area (Å²) in [5, 5.41) is 0.741. The van der Waals surface area contributed by atoms with Crippen molar-refractivity contribution in [3.63, 3.8) is 0 Å². The molecule has 0 aliphatic heterocycles. The fourth-order valence-electron chi connectivity index (χ4n) is 2.98. The number of hydrogen-bond donors (Lipinski definition) is 0. The minimum atomic E-state index is -0.666. The van der Waals surface area contributed by atoms with Crippen LogP contribution in [0.3, 0.4) is 0 Å². The van der Waals surface area contributed by atoms with E-state index >= 15 is 0 Å². The van der Waals surface area contributed by atoms with Crippen LogP contribution in [-0.4, -0.2) is 30.5 Å². The van der Waals surface area contributed by atoms with Crippen molar-refractivity contribution >= 4 is 23.2 Å². The van der Waals surface area contributed by atoms with E-state index in [-0.39, 0.29) is 0 Å². The van der Waals surface area contributed by atoms with Crippen LogP contribution < -0.4 is 4.74 Å². The quantitative estimate of drug-likeness (QED) is 0.509. The van der Waals surface area contributed by atoms with Crippen molar-refractivity contribution in [3.05, 3.63) is 65.9 Å². The Morgan fingerprint density at radius 3 is 2.60 bits per heavy atom. The molecule has 5 nitrogen and oxygen atoms in total. The number of nitrogens with zero attached hydrogens (tertiary/aromatic N) is 1. The van der Waals surface area contributed by atoms with Crippen molar-refractivity contribution in [1.29, 1.82) is 0 Å². The molecule has 0 N–H and O–H groups in total. The first kappa shape index (κ1) is 16.8. The summed E-state index contributed by atoms with van der Waals surface area (Å²) in [4.78, 5) is 24.0. The monoisotopic (exact) mass is 337 g/mol. The molecule has 5 heteroatoms. The molecule has 2 aromatic carbocycles. The third kappa shape index (κ3) is 3.13. The molecular formula is C20H19NO4. The highest BCUT2D eigenvalue weighted by molar-refractivity contribution is 5.99. The summed E-state index contributed by atoms with van der Waals surface area (Å²) < 4.78 is 12.3. The van der Waals surface area contributed by atoms with Crippen LogP contribution in [0.25, 0.3) is 10.9 Å². The third-order valence-electron chi connectivity index (χ3n) is 4.09. The summed E-state index contributed by atoms with van der Waals surface area (Å²) in [7, 11) is 1.36. The van der Waals surface area contributed by atoms with Crippen LogP contribution >= 0.6 is 0 Å². The molecule has 0 spiro atoms. The summed E-state index contributed by atoms with van der Waals surface area (Å²) in [5.74, 6) is 0.291. The Labute approximate surface area is 145 Å². The van der Waals surface area contributed by atoms with Crippen molar-refractivity contribution < 1.29 is 19.1 Å². The topological polar surface area (TPSA) is 57.5 Å². The summed E-state index contributed by atoms with van der Waals surface area (Å²) in [6, 6.07) is 14.2. The molecule has 0 fully saturated rings. The molecule has 1 unspecified atom stereocenters. The number of esters is 1. The Hall–Kier alpha value is -3.08. The van der Waals surface area contributed by atoms with Crippen LogP contribution in [0.2, 0.25) is 0 Å². The fourth-order valence-corrected chi connectivity index (χ4v) is 2.98. The lowest BCUT2D eigenvalue weighted by molar-refractivity contribution is -0.143. The van der Waals surface area contributed by atoms with Gasteiger partial charge in [-0.25, -0.2) is 4.79 Å². The van der Waals surface area contributed by atoms with Crippen LogP contribution in [0.15, 0.2) is 54.7 Å². The van der Waals surface area contributed by atoms with Gasteiger partial charge in [-0.15, -0.1) is 0 Å². The first-order chi connectivity index (χ1) is 12.2. The number of aldehydes is 1. The molecular weight excluding hydrogens is 318 g/mol. The van der Waals surface area contributed by atoms with E-state index in [2.05, 4.69) is 0 Å². The Balaban J connectivity index is 2.21. The molecule has 1 heterocycles. The van der Waals surface area contributed by atoms with Crippen molar-refractivity contribution in [2.75, 3.05) is 13.7 Å². The highest BCUT2D eigenvalue weighted by Gasteiger charge is 2.25. The second kappa shape index (κ2) is 7.21. The van der Waals surface area contributed by atoms with Crippen LogP contribution in [-0.2, 0) is 9.53 Å². The van der Waals surface area contributed by atoms with E-state index in [1.165, 1.54) is 7.11 Å². The molecule has 0 amide bonds. The molecule has 0 aliphatic carbocycles. The van der Waals surface area contributed by atoms with Gasteiger partial charge in [0.15, 0.2) is 12.3 Å². The molecule has 0 radical (unpaired) electrons. The molecule has 1 atom stereocenters. The predicted molar refractivity (Wildman–Crippen MR) is 95.1 cm³/mol. The lowest BCUT2D eigenvalue weighted by Crippen LogP contribution is -2.21. The molecule has 0 aliphatic rings. The Morgan fingerprint density at radius 1 is 1.20 bits per heavy atom. The van der Waals surface area contributed by atoms with Gasteiger partial charge in [0.1, 0.15) is 5.75 Å². The van der Waals surface area contributed by atoms with Gasteiger partial charge >= 0.3 is 5.97 Å². The minimum Gasteiger partial charge on any atom is -0.494 e. The molecule has 0 saturated carbocycles. The first-order valence-corrected chi connectivity index (χ1v) is 8.05. The van der Waals surface area contributed by atoms with Gasteiger partial charge in [-0.2, -0.15) is 0 Å². The Kier molecular flexibility index (Phi) is 4.84. The second-order valence-corrected chi connectivity index (χ2v) is 5.56. The molecule has 3 aromatic rings. The summed E-state index contributed by atoms with van der Waals surface area (Å²) in [6.45, 7) is 2.44. The Bertz CT molecular complexity index is 899. The normalized spacial score (nSPS) is 11.9. The van der Waals surface area contributed by atoms with Crippen molar-refractivity contribution in [1.82, 2.24) is 4.57 Å². The van der Waals surface area contributed by atoms with Gasteiger partial charge in [0.2, 0.25) is 0 Å². The van der Waals surface area contributed by atoms with Crippen LogP contribution in [0.4, 0.5) is 0 Å². The largest absolute Gasteiger partial charge is 0.494 e. The zero-order chi connectivity index (χ0) is 17.8. The third-order valence-corrected chi connectivity index (χ3v) is 4.09. The summed E-state index contributed by atoms with van der Waals surface area (Å²) in [5.41, 5.74) is 2.06. The standard InChI is InChI=1S/C20H19NO4/c1-3-25-16-9-10-18-17(11-16)15(13-22)12-21(18)19(20(23)24-2)14-7-5-4-6-8-14/h4-13,19H,3H2,1-2H3. The number of aromatic nitrogens is 1. The lowest BCUT2D eigenvalue weighted by atomic mass is 10.1. The smallest absolute Gasteiger partial charge is 0.333 e. The van der Waals surface area contributed by atoms with Crippen molar-refractivity contribution in [2.45, 2.75) is 13.0 Å². The zero-order valence-corrected chi connectivity index (χ0v) is 14.1. The number of carbonyl (C=O) groups is 2. The van der Waals surface area contributed by atoms with E-state index in [1.54, 1.807) is 10.8 Å². The molecule has 25 heavy (non-hydrogen) atoms. The van der Waals surface area contributed by atoms with Crippen LogP contribution in [0, 0.1) is 0 Å². The molecule has 0 bridgehead atoms. The van der Waals surface area contributed by atoms with Gasteiger partial charge in [-0.1, -0.05) is 30.3 Å². The maximum Gasteiger partial charge on any atom is 0.333 e. The highest BCUT2D eigenvalue weighted by Crippen LogP contribution is 2.31. The predicted octanol–water partition coefficient (Wildman–Crippen LogP) is 3.61. The number of hydrogen-bond acceptors (Lipinski definition) is 4. The van der Waals surface area contributed by atoms with Gasteiger partial charge in [0.25, 0.3) is 0 Å².